The molecule has 2 saturated heterocycles. The van der Waals surface area contributed by atoms with E-state index < -0.39 is 12.2 Å². The largest absolute Gasteiger partial charge is 0.455 e. The molecule has 256 valence electrons. The topological polar surface area (TPSA) is 105 Å². The highest BCUT2D eigenvalue weighted by atomic mass is 16.6. The van der Waals surface area contributed by atoms with Crippen LogP contribution in [0.25, 0.3) is 0 Å². The zero-order valence-corrected chi connectivity index (χ0v) is 28.1. The van der Waals surface area contributed by atoms with Crippen LogP contribution in [-0.2, 0) is 19.0 Å². The van der Waals surface area contributed by atoms with Crippen LogP contribution in [0.15, 0.2) is 11.6 Å². The fraction of sp³-hybridized carbons (Fsp3) is 0.919. The lowest BCUT2D eigenvalue weighted by atomic mass is 9.99. The Bertz CT molecular complexity index is 801. The number of aliphatic hydroxyl groups is 3. The molecule has 0 aromatic carbocycles. The SMILES string of the molecule is CCCCCCCCCCCC(O)CCC[C@H](O)[C@H]1CC[C@H]([C@H]2CC[C@H]([C@H](O)CCCCCCCC3=C[C@H](C)OC3=O)O2)O1. The fourth-order valence-corrected chi connectivity index (χ4v) is 7.28. The van der Waals surface area contributed by atoms with Crippen molar-refractivity contribution >= 4 is 5.97 Å². The summed E-state index contributed by atoms with van der Waals surface area (Å²) in [5, 5.41) is 31.9. The van der Waals surface area contributed by atoms with Gasteiger partial charge in [-0.1, -0.05) is 90.4 Å². The Morgan fingerprint density at radius 2 is 1.14 bits per heavy atom. The van der Waals surface area contributed by atoms with Crippen molar-refractivity contribution in [1.82, 2.24) is 0 Å². The summed E-state index contributed by atoms with van der Waals surface area (Å²) in [5.74, 6) is -0.157. The van der Waals surface area contributed by atoms with Crippen molar-refractivity contribution in [3.8, 4) is 0 Å². The summed E-state index contributed by atoms with van der Waals surface area (Å²) < 4.78 is 17.7. The molecule has 3 N–H and O–H groups in total. The molecule has 0 radical (unpaired) electrons. The molecular weight excluding hydrogens is 556 g/mol. The maximum atomic E-state index is 11.7. The summed E-state index contributed by atoms with van der Waals surface area (Å²) in [4.78, 5) is 11.7. The molecule has 3 rings (SSSR count). The molecule has 3 heterocycles. The quantitative estimate of drug-likeness (QED) is 0.0703. The molecular formula is C37H66O7. The summed E-state index contributed by atoms with van der Waals surface area (Å²) >= 11 is 0. The number of carbonyl (C=O) groups is 1. The van der Waals surface area contributed by atoms with Crippen molar-refractivity contribution in [3.63, 3.8) is 0 Å². The van der Waals surface area contributed by atoms with E-state index in [-0.39, 0.29) is 42.6 Å². The first-order valence-electron chi connectivity index (χ1n) is 18.6. The van der Waals surface area contributed by atoms with Crippen molar-refractivity contribution in [2.75, 3.05) is 0 Å². The zero-order chi connectivity index (χ0) is 31.6. The number of cyclic esters (lactones) is 1. The Labute approximate surface area is 268 Å². The standard InChI is InChI=1S/C37H66O7/c1-3-4-5-6-7-8-9-12-15-19-30(38)20-17-22-32(40)34-24-26-36(44-34)35-25-23-33(43-35)31(39)21-16-13-10-11-14-18-29-27-28(2)42-37(29)41/h27-28,30-36,38-40H,3-26H2,1-2H3/t28-,30?,31+,32-,33+,34+,35+,36+/m0/s1. The molecule has 0 aromatic rings. The number of ether oxygens (including phenoxy) is 3. The van der Waals surface area contributed by atoms with E-state index in [2.05, 4.69) is 6.92 Å². The van der Waals surface area contributed by atoms with Gasteiger partial charge in [-0.3, -0.25) is 0 Å². The van der Waals surface area contributed by atoms with E-state index in [4.69, 9.17) is 14.2 Å². The summed E-state index contributed by atoms with van der Waals surface area (Å²) in [5.41, 5.74) is 0.822. The second-order valence-electron chi connectivity index (χ2n) is 14.0. The van der Waals surface area contributed by atoms with Crippen LogP contribution in [0.1, 0.15) is 168 Å². The zero-order valence-electron chi connectivity index (χ0n) is 28.1. The van der Waals surface area contributed by atoms with Gasteiger partial charge in [0.2, 0.25) is 0 Å². The third kappa shape index (κ3) is 14.2. The van der Waals surface area contributed by atoms with E-state index in [0.29, 0.717) is 6.42 Å². The van der Waals surface area contributed by atoms with Gasteiger partial charge in [0, 0.05) is 5.57 Å². The molecule has 0 amide bonds. The van der Waals surface area contributed by atoms with Crippen molar-refractivity contribution in [2.45, 2.75) is 217 Å². The molecule has 7 nitrogen and oxygen atoms in total. The Hall–Kier alpha value is -0.990. The minimum atomic E-state index is -0.491. The summed E-state index contributed by atoms with van der Waals surface area (Å²) in [6.45, 7) is 4.15. The van der Waals surface area contributed by atoms with Crippen LogP contribution in [0.2, 0.25) is 0 Å². The molecule has 2 fully saturated rings. The molecule has 0 saturated carbocycles. The number of esters is 1. The molecule has 0 spiro atoms. The first kappa shape index (κ1) is 37.5. The first-order valence-corrected chi connectivity index (χ1v) is 18.6. The van der Waals surface area contributed by atoms with Crippen molar-refractivity contribution in [3.05, 3.63) is 11.6 Å². The number of hydrogen-bond acceptors (Lipinski definition) is 7. The van der Waals surface area contributed by atoms with E-state index in [1.54, 1.807) is 0 Å². The maximum absolute atomic E-state index is 11.7. The van der Waals surface area contributed by atoms with Crippen molar-refractivity contribution < 1.29 is 34.3 Å². The van der Waals surface area contributed by atoms with Crippen LogP contribution in [0.4, 0.5) is 0 Å². The van der Waals surface area contributed by atoms with Gasteiger partial charge in [-0.2, -0.15) is 0 Å². The average molecular weight is 623 g/mol. The van der Waals surface area contributed by atoms with Crippen molar-refractivity contribution in [1.29, 1.82) is 0 Å². The lowest BCUT2D eigenvalue weighted by Crippen LogP contribution is -2.33. The van der Waals surface area contributed by atoms with Crippen LogP contribution in [0, 0.1) is 0 Å². The number of rotatable bonds is 25. The Kier molecular flexibility index (Phi) is 18.5. The van der Waals surface area contributed by atoms with Gasteiger partial charge in [0.05, 0.1) is 42.7 Å². The normalized spacial score (nSPS) is 27.4. The van der Waals surface area contributed by atoms with Gasteiger partial charge in [-0.25, -0.2) is 4.79 Å². The van der Waals surface area contributed by atoms with Crippen molar-refractivity contribution in [2.24, 2.45) is 0 Å². The second kappa shape index (κ2) is 21.7. The third-order valence-electron chi connectivity index (χ3n) is 10.1. The summed E-state index contributed by atoms with van der Waals surface area (Å²) in [6, 6.07) is 0. The Morgan fingerprint density at radius 3 is 1.68 bits per heavy atom. The fourth-order valence-electron chi connectivity index (χ4n) is 7.28. The lowest BCUT2D eigenvalue weighted by Gasteiger charge is -2.24. The molecule has 1 unspecified atom stereocenters. The highest BCUT2D eigenvalue weighted by molar-refractivity contribution is 5.90. The van der Waals surface area contributed by atoms with Crippen LogP contribution in [0.5, 0.6) is 0 Å². The van der Waals surface area contributed by atoms with Crippen LogP contribution in [-0.4, -0.2) is 70.1 Å². The van der Waals surface area contributed by atoms with Gasteiger partial charge in [-0.05, 0) is 83.6 Å². The molecule has 8 atom stereocenters. The molecule has 3 aliphatic heterocycles. The number of hydrogen-bond donors (Lipinski definition) is 3. The number of aliphatic hydroxyl groups excluding tert-OH is 3. The summed E-state index contributed by atoms with van der Waals surface area (Å²) in [6.07, 6.45) is 25.5. The number of unbranched alkanes of at least 4 members (excludes halogenated alkanes) is 12. The van der Waals surface area contributed by atoms with E-state index in [1.165, 1.54) is 51.4 Å². The monoisotopic (exact) mass is 622 g/mol. The molecule has 3 aliphatic rings. The van der Waals surface area contributed by atoms with Gasteiger partial charge < -0.3 is 29.5 Å². The molecule has 44 heavy (non-hydrogen) atoms. The molecule has 7 heteroatoms. The average Bonchev–Trinajstić information content (AvgIpc) is 3.76. The minimum absolute atomic E-state index is 0.000614. The summed E-state index contributed by atoms with van der Waals surface area (Å²) in [7, 11) is 0. The minimum Gasteiger partial charge on any atom is -0.455 e. The van der Waals surface area contributed by atoms with E-state index in [9.17, 15) is 20.1 Å². The van der Waals surface area contributed by atoms with Crippen LogP contribution in [0.3, 0.4) is 0 Å². The van der Waals surface area contributed by atoms with Gasteiger partial charge in [0.25, 0.3) is 0 Å². The second-order valence-corrected chi connectivity index (χ2v) is 14.0. The van der Waals surface area contributed by atoms with Gasteiger partial charge >= 0.3 is 5.97 Å². The van der Waals surface area contributed by atoms with Gasteiger partial charge in [0.15, 0.2) is 0 Å². The predicted molar refractivity (Wildman–Crippen MR) is 175 cm³/mol. The highest BCUT2D eigenvalue weighted by Gasteiger charge is 2.40. The smallest absolute Gasteiger partial charge is 0.334 e. The van der Waals surface area contributed by atoms with Crippen LogP contribution < -0.4 is 0 Å². The first-order chi connectivity index (χ1) is 21.4. The molecule has 0 aliphatic carbocycles. The Morgan fingerprint density at radius 1 is 0.659 bits per heavy atom. The molecule has 0 aromatic heterocycles. The number of carbonyl (C=O) groups excluding carboxylic acids is 1. The van der Waals surface area contributed by atoms with E-state index in [1.807, 2.05) is 13.0 Å². The highest BCUT2D eigenvalue weighted by Crippen LogP contribution is 2.34. The Balaban J connectivity index is 1.16. The van der Waals surface area contributed by atoms with E-state index in [0.717, 1.165) is 102 Å². The van der Waals surface area contributed by atoms with Crippen LogP contribution >= 0.6 is 0 Å². The third-order valence-corrected chi connectivity index (χ3v) is 10.1. The lowest BCUT2D eigenvalue weighted by molar-refractivity contribution is -0.139. The predicted octanol–water partition coefficient (Wildman–Crippen LogP) is 7.86. The van der Waals surface area contributed by atoms with Gasteiger partial charge in [0.1, 0.15) is 6.10 Å². The molecule has 0 bridgehead atoms. The van der Waals surface area contributed by atoms with Gasteiger partial charge in [-0.15, -0.1) is 0 Å². The maximum Gasteiger partial charge on any atom is 0.334 e. The van der Waals surface area contributed by atoms with E-state index >= 15 is 0 Å².